The van der Waals surface area contributed by atoms with Gasteiger partial charge in [-0.1, -0.05) is 33.6 Å². The lowest BCUT2D eigenvalue weighted by Crippen LogP contribution is -2.08. The van der Waals surface area contributed by atoms with Gasteiger partial charge in [0.2, 0.25) is 0 Å². The van der Waals surface area contributed by atoms with Gasteiger partial charge < -0.3 is 5.32 Å². The summed E-state index contributed by atoms with van der Waals surface area (Å²) in [6.45, 7) is 0. The Labute approximate surface area is 133 Å². The monoisotopic (exact) mass is 398 g/mol. The fraction of sp³-hybridized carbons (Fsp3) is 0.0714. The van der Waals surface area contributed by atoms with E-state index in [9.17, 15) is 5.26 Å². The summed E-state index contributed by atoms with van der Waals surface area (Å²) >= 11 is 12.7. The summed E-state index contributed by atoms with van der Waals surface area (Å²) in [6.07, 6.45) is 0. The van der Waals surface area contributed by atoms with Crippen molar-refractivity contribution in [3.05, 3.63) is 62.0 Å². The van der Waals surface area contributed by atoms with E-state index in [0.29, 0.717) is 5.02 Å². The molecular weight excluding hydrogens is 391 g/mol. The van der Waals surface area contributed by atoms with Crippen molar-refractivity contribution in [1.29, 1.82) is 5.26 Å². The van der Waals surface area contributed by atoms with Crippen LogP contribution in [-0.4, -0.2) is 0 Å². The Balaban J connectivity index is 2.23. The number of nitriles is 1. The minimum atomic E-state index is -0.422. The zero-order valence-corrected chi connectivity index (χ0v) is 13.6. The number of nitrogens with one attached hydrogen (secondary N) is 1. The first-order valence-corrected chi connectivity index (χ1v) is 7.43. The number of rotatable bonds is 3. The van der Waals surface area contributed by atoms with Crippen LogP contribution in [0.2, 0.25) is 5.02 Å². The van der Waals surface area contributed by atoms with Crippen LogP contribution in [0.4, 0.5) is 5.69 Å². The maximum Gasteiger partial charge on any atom is 0.140 e. The van der Waals surface area contributed by atoms with Crippen molar-refractivity contribution in [2.75, 3.05) is 5.32 Å². The molecule has 0 heterocycles. The van der Waals surface area contributed by atoms with E-state index >= 15 is 0 Å². The predicted octanol–water partition coefficient (Wildman–Crippen LogP) is 5.54. The van der Waals surface area contributed by atoms with Gasteiger partial charge in [-0.3, -0.25) is 0 Å². The number of hydrogen-bond acceptors (Lipinski definition) is 2. The predicted molar refractivity (Wildman–Crippen MR) is 85.3 cm³/mol. The lowest BCUT2D eigenvalue weighted by Gasteiger charge is -2.14. The molecule has 2 aromatic carbocycles. The van der Waals surface area contributed by atoms with Crippen LogP contribution in [0.15, 0.2) is 51.4 Å². The van der Waals surface area contributed by atoms with E-state index in [2.05, 4.69) is 43.2 Å². The van der Waals surface area contributed by atoms with Crippen LogP contribution in [0.5, 0.6) is 0 Å². The molecule has 0 saturated carbocycles. The Kier molecular flexibility index (Phi) is 4.87. The van der Waals surface area contributed by atoms with Gasteiger partial charge in [0.15, 0.2) is 0 Å². The molecule has 2 nitrogen and oxygen atoms in total. The lowest BCUT2D eigenvalue weighted by atomic mass is 10.1. The molecule has 0 aliphatic carbocycles. The second-order valence-corrected chi connectivity index (χ2v) is 6.06. The molecule has 0 bridgehead atoms. The van der Waals surface area contributed by atoms with Gasteiger partial charge >= 0.3 is 0 Å². The van der Waals surface area contributed by atoms with Crippen LogP contribution in [0.1, 0.15) is 11.6 Å². The highest BCUT2D eigenvalue weighted by Gasteiger charge is 2.11. The summed E-state index contributed by atoms with van der Waals surface area (Å²) in [4.78, 5) is 0. The topological polar surface area (TPSA) is 35.8 Å². The summed E-state index contributed by atoms with van der Waals surface area (Å²) < 4.78 is 1.78. The average molecular weight is 401 g/mol. The molecule has 5 heteroatoms. The molecule has 1 unspecified atom stereocenters. The molecule has 0 spiro atoms. The van der Waals surface area contributed by atoms with Crippen LogP contribution < -0.4 is 5.32 Å². The highest BCUT2D eigenvalue weighted by atomic mass is 79.9. The molecule has 2 aromatic rings. The van der Waals surface area contributed by atoms with Gasteiger partial charge in [-0.2, -0.15) is 5.26 Å². The van der Waals surface area contributed by atoms with E-state index < -0.39 is 6.04 Å². The van der Waals surface area contributed by atoms with Crippen molar-refractivity contribution in [1.82, 2.24) is 0 Å². The van der Waals surface area contributed by atoms with Crippen molar-refractivity contribution >= 4 is 49.1 Å². The second kappa shape index (κ2) is 6.42. The molecule has 0 amide bonds. The van der Waals surface area contributed by atoms with Crippen LogP contribution in [-0.2, 0) is 0 Å². The summed E-state index contributed by atoms with van der Waals surface area (Å²) in [5, 5.41) is 13.1. The first-order valence-electron chi connectivity index (χ1n) is 5.47. The Morgan fingerprint density at radius 3 is 2.37 bits per heavy atom. The third-order valence-electron chi connectivity index (χ3n) is 2.56. The number of nitrogens with zero attached hydrogens (tertiary/aromatic N) is 1. The van der Waals surface area contributed by atoms with E-state index in [0.717, 1.165) is 20.2 Å². The van der Waals surface area contributed by atoms with E-state index in [1.807, 2.05) is 36.4 Å². The summed E-state index contributed by atoms with van der Waals surface area (Å²) in [6, 6.07) is 15.0. The highest BCUT2D eigenvalue weighted by Crippen LogP contribution is 2.27. The van der Waals surface area contributed by atoms with E-state index in [4.69, 9.17) is 11.6 Å². The van der Waals surface area contributed by atoms with Gasteiger partial charge in [0.05, 0.1) is 11.1 Å². The molecular formula is C14H9Br2ClN2. The largest absolute Gasteiger partial charge is 0.366 e. The van der Waals surface area contributed by atoms with Gasteiger partial charge in [-0.15, -0.1) is 0 Å². The van der Waals surface area contributed by atoms with E-state index in [-0.39, 0.29) is 0 Å². The fourth-order valence-corrected chi connectivity index (χ4v) is 2.37. The summed E-state index contributed by atoms with van der Waals surface area (Å²) in [5.74, 6) is 0. The first kappa shape index (κ1) is 14.4. The summed E-state index contributed by atoms with van der Waals surface area (Å²) in [5.41, 5.74) is 1.75. The lowest BCUT2D eigenvalue weighted by molar-refractivity contribution is 0.996. The molecule has 19 heavy (non-hydrogen) atoms. The van der Waals surface area contributed by atoms with Crippen molar-refractivity contribution in [3.63, 3.8) is 0 Å². The van der Waals surface area contributed by atoms with Gasteiger partial charge in [0.25, 0.3) is 0 Å². The van der Waals surface area contributed by atoms with Crippen molar-refractivity contribution in [2.24, 2.45) is 0 Å². The molecule has 0 radical (unpaired) electrons. The average Bonchev–Trinajstić information content (AvgIpc) is 2.41. The Bertz CT molecular complexity index is 620. The fourth-order valence-electron chi connectivity index (χ4n) is 1.59. The molecule has 0 fully saturated rings. The summed E-state index contributed by atoms with van der Waals surface area (Å²) in [7, 11) is 0. The number of hydrogen-bond donors (Lipinski definition) is 1. The molecule has 1 N–H and O–H groups in total. The minimum Gasteiger partial charge on any atom is -0.366 e. The highest BCUT2D eigenvalue weighted by molar-refractivity contribution is 9.10. The molecule has 0 saturated heterocycles. The number of anilines is 1. The molecule has 0 aliphatic heterocycles. The van der Waals surface area contributed by atoms with Crippen LogP contribution in [0, 0.1) is 11.3 Å². The standard InChI is InChI=1S/C14H9Br2ClN2/c15-10-2-4-11(5-3-10)19-14(8-18)9-1-6-13(17)12(16)7-9/h1-7,14,19H. The Hall–Kier alpha value is -1.02. The zero-order valence-electron chi connectivity index (χ0n) is 9.70. The van der Waals surface area contributed by atoms with Gasteiger partial charge in [-0.05, 0) is 57.9 Å². The van der Waals surface area contributed by atoms with E-state index in [1.165, 1.54) is 0 Å². The molecule has 2 rings (SSSR count). The number of benzene rings is 2. The first-order chi connectivity index (χ1) is 9.10. The van der Waals surface area contributed by atoms with Crippen LogP contribution in [0.25, 0.3) is 0 Å². The normalized spacial score (nSPS) is 11.7. The van der Waals surface area contributed by atoms with Gasteiger partial charge in [0, 0.05) is 14.6 Å². The Morgan fingerprint density at radius 1 is 1.11 bits per heavy atom. The maximum atomic E-state index is 9.29. The third kappa shape index (κ3) is 3.73. The van der Waals surface area contributed by atoms with Crippen molar-refractivity contribution in [3.8, 4) is 6.07 Å². The van der Waals surface area contributed by atoms with Crippen molar-refractivity contribution in [2.45, 2.75) is 6.04 Å². The maximum absolute atomic E-state index is 9.29. The number of halogens is 3. The second-order valence-electron chi connectivity index (χ2n) is 3.89. The SMILES string of the molecule is N#CC(Nc1ccc(Br)cc1)c1ccc(Cl)c(Br)c1. The smallest absolute Gasteiger partial charge is 0.140 e. The quantitative estimate of drug-likeness (QED) is 0.734. The zero-order chi connectivity index (χ0) is 13.8. The van der Waals surface area contributed by atoms with Crippen LogP contribution in [0.3, 0.4) is 0 Å². The van der Waals surface area contributed by atoms with Gasteiger partial charge in [-0.25, -0.2) is 0 Å². The molecule has 96 valence electrons. The van der Waals surface area contributed by atoms with Crippen molar-refractivity contribution < 1.29 is 0 Å². The van der Waals surface area contributed by atoms with Crippen LogP contribution >= 0.6 is 43.5 Å². The molecule has 0 aliphatic rings. The van der Waals surface area contributed by atoms with Gasteiger partial charge in [0.1, 0.15) is 6.04 Å². The Morgan fingerprint density at radius 2 is 1.79 bits per heavy atom. The van der Waals surface area contributed by atoms with E-state index in [1.54, 1.807) is 6.07 Å². The molecule has 0 aromatic heterocycles. The minimum absolute atomic E-state index is 0.422. The third-order valence-corrected chi connectivity index (χ3v) is 4.30. The molecule has 1 atom stereocenters.